The van der Waals surface area contributed by atoms with E-state index in [-0.39, 0.29) is 5.92 Å². The van der Waals surface area contributed by atoms with Gasteiger partial charge in [0.1, 0.15) is 5.75 Å². The van der Waals surface area contributed by atoms with Gasteiger partial charge in [-0.25, -0.2) is 8.42 Å². The molecule has 38 heavy (non-hydrogen) atoms. The highest BCUT2D eigenvalue weighted by Gasteiger charge is 2.41. The fraction of sp³-hybridized carbons (Fsp3) is 0.667. The molecule has 210 valence electrons. The van der Waals surface area contributed by atoms with Crippen molar-refractivity contribution < 1.29 is 31.1 Å². The number of nitrogens with one attached hydrogen (secondary N) is 2. The van der Waals surface area contributed by atoms with Gasteiger partial charge in [0.15, 0.2) is 9.84 Å². The normalized spacial score (nSPS) is 26.1. The van der Waals surface area contributed by atoms with Gasteiger partial charge in [0.05, 0.1) is 5.56 Å². The molecule has 0 bridgehead atoms. The fourth-order valence-corrected chi connectivity index (χ4v) is 7.42. The largest absolute Gasteiger partial charge is 0.416 e. The van der Waals surface area contributed by atoms with Crippen molar-refractivity contribution in [1.29, 1.82) is 0 Å². The fourth-order valence-electron chi connectivity index (χ4n) is 6.87. The number of amides is 1. The second-order valence-corrected chi connectivity index (χ2v) is 13.7. The van der Waals surface area contributed by atoms with Gasteiger partial charge in [-0.05, 0) is 80.2 Å². The summed E-state index contributed by atoms with van der Waals surface area (Å²) in [4.78, 5) is 18.3. The Balaban J connectivity index is 1.30. The lowest BCUT2D eigenvalue weighted by Crippen LogP contribution is -2.55. The SMILES string of the molecule is C[C@H]1c2c([nH]c3ccc(C(F)(F)F)cc23)C[C@H]2CCN(CCC3(NC(=O)CS(C)(=O)=O)CCOCC3)C[C@@H]21. The Morgan fingerprint density at radius 1 is 1.26 bits per heavy atom. The molecule has 0 radical (unpaired) electrons. The Labute approximate surface area is 221 Å². The van der Waals surface area contributed by atoms with Crippen LogP contribution in [0.5, 0.6) is 0 Å². The molecule has 3 atom stereocenters. The molecule has 0 unspecified atom stereocenters. The molecule has 11 heteroatoms. The van der Waals surface area contributed by atoms with Crippen molar-refractivity contribution >= 4 is 26.6 Å². The first-order valence-electron chi connectivity index (χ1n) is 13.3. The van der Waals surface area contributed by atoms with Crippen LogP contribution >= 0.6 is 0 Å². The van der Waals surface area contributed by atoms with Gasteiger partial charge in [0.25, 0.3) is 0 Å². The van der Waals surface area contributed by atoms with E-state index < -0.39 is 38.8 Å². The van der Waals surface area contributed by atoms with E-state index in [4.69, 9.17) is 4.74 Å². The third-order valence-electron chi connectivity index (χ3n) is 8.86. The van der Waals surface area contributed by atoms with Crippen molar-refractivity contribution in [2.24, 2.45) is 11.8 Å². The Morgan fingerprint density at radius 3 is 2.68 bits per heavy atom. The van der Waals surface area contributed by atoms with E-state index in [0.29, 0.717) is 49.7 Å². The van der Waals surface area contributed by atoms with Crippen LogP contribution in [0.15, 0.2) is 18.2 Å². The predicted molar refractivity (Wildman–Crippen MR) is 139 cm³/mol. The number of halogens is 3. The number of rotatable bonds is 6. The molecule has 1 aliphatic carbocycles. The molecule has 5 rings (SSSR count). The summed E-state index contributed by atoms with van der Waals surface area (Å²) in [6.45, 7) is 5.70. The molecule has 2 fully saturated rings. The number of hydrogen-bond acceptors (Lipinski definition) is 5. The first-order valence-corrected chi connectivity index (χ1v) is 15.4. The predicted octanol–water partition coefficient (Wildman–Crippen LogP) is 3.88. The number of aromatic nitrogens is 1. The van der Waals surface area contributed by atoms with Gasteiger partial charge in [-0.2, -0.15) is 13.2 Å². The maximum Gasteiger partial charge on any atom is 0.416 e. The Hall–Kier alpha value is -2.11. The summed E-state index contributed by atoms with van der Waals surface area (Å²) in [6, 6.07) is 3.98. The third-order valence-corrected chi connectivity index (χ3v) is 9.64. The number of benzene rings is 1. The smallest absolute Gasteiger partial charge is 0.381 e. The van der Waals surface area contributed by atoms with Gasteiger partial charge >= 0.3 is 6.18 Å². The Morgan fingerprint density at radius 2 is 2.00 bits per heavy atom. The summed E-state index contributed by atoms with van der Waals surface area (Å²) in [5, 5.41) is 3.69. The number of aromatic amines is 1. The number of nitrogens with zero attached hydrogens (tertiary/aromatic N) is 1. The standard InChI is InChI=1S/C27H36F3N3O4S/c1-17-21-15-33(10-6-26(7-11-37-12-8-26)32-24(34)16-38(2,35)36)9-5-18(21)13-23-25(17)20-14-19(27(28,29)30)3-4-22(20)31-23/h3-4,14,17-18,21,31H,5-13,15-16H2,1-2H3,(H,32,34)/t17-,18-,21-/m1/s1. The lowest BCUT2D eigenvalue weighted by Gasteiger charge is -2.46. The van der Waals surface area contributed by atoms with E-state index in [1.165, 1.54) is 6.07 Å². The highest BCUT2D eigenvalue weighted by atomic mass is 32.2. The van der Waals surface area contributed by atoms with Crippen molar-refractivity contribution in [3.8, 4) is 0 Å². The number of H-pyrrole nitrogens is 1. The van der Waals surface area contributed by atoms with Gasteiger partial charge in [-0.15, -0.1) is 0 Å². The van der Waals surface area contributed by atoms with E-state index in [9.17, 15) is 26.4 Å². The van der Waals surface area contributed by atoms with Crippen molar-refractivity contribution in [3.63, 3.8) is 0 Å². The van der Waals surface area contributed by atoms with Gasteiger partial charge in [-0.3, -0.25) is 4.79 Å². The molecule has 3 heterocycles. The zero-order valence-corrected chi connectivity index (χ0v) is 22.7. The number of ether oxygens (including phenoxy) is 1. The van der Waals surface area contributed by atoms with E-state index in [1.807, 2.05) is 0 Å². The van der Waals surface area contributed by atoms with Crippen molar-refractivity contribution in [2.75, 3.05) is 44.9 Å². The molecule has 2 aromatic rings. The summed E-state index contributed by atoms with van der Waals surface area (Å²) < 4.78 is 69.0. The van der Waals surface area contributed by atoms with E-state index in [2.05, 4.69) is 22.1 Å². The summed E-state index contributed by atoms with van der Waals surface area (Å²) in [5.74, 6) is -0.0797. The zero-order valence-electron chi connectivity index (χ0n) is 21.9. The molecule has 3 aliphatic rings. The van der Waals surface area contributed by atoms with Gasteiger partial charge in [0, 0.05) is 54.7 Å². The topological polar surface area (TPSA) is 91.5 Å². The molecule has 1 aromatic heterocycles. The second-order valence-electron chi connectivity index (χ2n) is 11.5. The number of fused-ring (bicyclic) bond motifs is 4. The summed E-state index contributed by atoms with van der Waals surface area (Å²) in [7, 11) is -3.42. The summed E-state index contributed by atoms with van der Waals surface area (Å²) >= 11 is 0. The molecule has 0 saturated carbocycles. The molecule has 2 N–H and O–H groups in total. The van der Waals surface area contributed by atoms with Crippen LogP contribution in [0.1, 0.15) is 55.3 Å². The van der Waals surface area contributed by atoms with Crippen LogP contribution in [0.3, 0.4) is 0 Å². The van der Waals surface area contributed by atoms with Crippen molar-refractivity contribution in [3.05, 3.63) is 35.0 Å². The minimum Gasteiger partial charge on any atom is -0.381 e. The quantitative estimate of drug-likeness (QED) is 0.565. The van der Waals surface area contributed by atoms with E-state index in [0.717, 1.165) is 61.6 Å². The lowest BCUT2D eigenvalue weighted by molar-refractivity contribution is -0.137. The maximum absolute atomic E-state index is 13.4. The molecule has 0 spiro atoms. The highest BCUT2D eigenvalue weighted by Crippen LogP contribution is 2.47. The molecule has 1 amide bonds. The highest BCUT2D eigenvalue weighted by molar-refractivity contribution is 7.91. The molecular formula is C27H36F3N3O4S. The zero-order chi connectivity index (χ0) is 27.3. The van der Waals surface area contributed by atoms with Crippen LogP contribution in [-0.4, -0.2) is 74.6 Å². The second kappa shape index (κ2) is 10.1. The van der Waals surface area contributed by atoms with Gasteiger partial charge < -0.3 is 19.9 Å². The van der Waals surface area contributed by atoms with Crippen LogP contribution < -0.4 is 5.32 Å². The molecule has 2 saturated heterocycles. The number of likely N-dealkylation sites (tertiary alicyclic amines) is 1. The van der Waals surface area contributed by atoms with E-state index in [1.54, 1.807) is 6.07 Å². The van der Waals surface area contributed by atoms with Crippen LogP contribution in [0, 0.1) is 11.8 Å². The summed E-state index contributed by atoms with van der Waals surface area (Å²) in [5.41, 5.74) is 1.73. The van der Waals surface area contributed by atoms with Crippen LogP contribution in [-0.2, 0) is 32.0 Å². The van der Waals surface area contributed by atoms with Crippen LogP contribution in [0.4, 0.5) is 13.2 Å². The molecule has 7 nitrogen and oxygen atoms in total. The minimum absolute atomic E-state index is 0.121. The Bertz CT molecular complexity index is 1300. The van der Waals surface area contributed by atoms with Crippen LogP contribution in [0.25, 0.3) is 10.9 Å². The lowest BCUT2D eigenvalue weighted by atomic mass is 9.68. The average Bonchev–Trinajstić information content (AvgIpc) is 3.19. The number of piperidine rings is 1. The van der Waals surface area contributed by atoms with Crippen molar-refractivity contribution in [2.45, 2.75) is 56.7 Å². The number of hydrogen-bond donors (Lipinski definition) is 2. The van der Waals surface area contributed by atoms with Crippen molar-refractivity contribution in [1.82, 2.24) is 15.2 Å². The number of carbonyl (C=O) groups is 1. The first-order chi connectivity index (χ1) is 17.8. The average molecular weight is 556 g/mol. The molecule has 2 aliphatic heterocycles. The van der Waals surface area contributed by atoms with Crippen LogP contribution in [0.2, 0.25) is 0 Å². The maximum atomic E-state index is 13.4. The van der Waals surface area contributed by atoms with Gasteiger partial charge in [-0.1, -0.05) is 6.92 Å². The number of sulfone groups is 1. The Kier molecular flexibility index (Phi) is 7.32. The van der Waals surface area contributed by atoms with Gasteiger partial charge in [0.2, 0.25) is 5.91 Å². The molecular weight excluding hydrogens is 519 g/mol. The first kappa shape index (κ1) is 27.5. The summed E-state index contributed by atoms with van der Waals surface area (Å²) in [6.07, 6.45) is 0.507. The molecule has 1 aromatic carbocycles. The minimum atomic E-state index is -4.38. The monoisotopic (exact) mass is 555 g/mol. The number of alkyl halides is 3. The number of carbonyl (C=O) groups excluding carboxylic acids is 1. The van der Waals surface area contributed by atoms with E-state index >= 15 is 0 Å². The third kappa shape index (κ3) is 5.74.